The molecule has 1 N–H and O–H groups in total. The van der Waals surface area contributed by atoms with E-state index in [1.54, 1.807) is 29.2 Å². The molecular formula is C20H29ClN4O2. The molecule has 0 saturated carbocycles. The summed E-state index contributed by atoms with van der Waals surface area (Å²) in [6, 6.07) is 7.19. The van der Waals surface area contributed by atoms with Crippen LogP contribution >= 0.6 is 11.6 Å². The van der Waals surface area contributed by atoms with Crippen molar-refractivity contribution >= 4 is 29.2 Å². The molecule has 0 unspecified atom stereocenters. The Hall–Kier alpha value is -1.79. The van der Waals surface area contributed by atoms with Gasteiger partial charge in [0.05, 0.1) is 5.41 Å². The summed E-state index contributed by atoms with van der Waals surface area (Å²) in [5.41, 5.74) is 0.345. The molecule has 2 aliphatic rings. The van der Waals surface area contributed by atoms with Crippen LogP contribution in [0.4, 0.5) is 10.5 Å². The Balaban J connectivity index is 1.75. The summed E-state index contributed by atoms with van der Waals surface area (Å²) in [6.45, 7) is 5.28. The topological polar surface area (TPSA) is 55.9 Å². The molecule has 0 spiro atoms. The van der Waals surface area contributed by atoms with Crippen molar-refractivity contribution in [2.24, 2.45) is 5.41 Å². The normalized spacial score (nSPS) is 25.6. The van der Waals surface area contributed by atoms with Crippen LogP contribution in [0.2, 0.25) is 5.02 Å². The van der Waals surface area contributed by atoms with Gasteiger partial charge in [0, 0.05) is 43.9 Å². The number of fused-ring (bicyclic) bond motifs is 1. The lowest BCUT2D eigenvalue weighted by Gasteiger charge is -2.37. The van der Waals surface area contributed by atoms with Gasteiger partial charge >= 0.3 is 6.03 Å². The third-order valence-electron chi connectivity index (χ3n) is 6.05. The van der Waals surface area contributed by atoms with Crippen LogP contribution in [-0.4, -0.2) is 73.0 Å². The first kappa shape index (κ1) is 20.0. The highest BCUT2D eigenvalue weighted by atomic mass is 35.5. The van der Waals surface area contributed by atoms with Crippen molar-refractivity contribution in [1.82, 2.24) is 14.7 Å². The third-order valence-corrected chi connectivity index (χ3v) is 6.30. The molecule has 1 aromatic rings. The number of benzene rings is 1. The number of halogens is 1. The van der Waals surface area contributed by atoms with Crippen molar-refractivity contribution in [3.05, 3.63) is 29.3 Å². The van der Waals surface area contributed by atoms with Crippen LogP contribution < -0.4 is 5.32 Å². The first-order valence-electron chi connectivity index (χ1n) is 9.64. The van der Waals surface area contributed by atoms with Crippen molar-refractivity contribution in [3.63, 3.8) is 0 Å². The summed E-state index contributed by atoms with van der Waals surface area (Å²) in [5.74, 6) is 0.198. The van der Waals surface area contributed by atoms with Crippen LogP contribution in [0.25, 0.3) is 0 Å². The second kappa shape index (κ2) is 8.07. The number of anilines is 1. The van der Waals surface area contributed by atoms with E-state index >= 15 is 0 Å². The van der Waals surface area contributed by atoms with Gasteiger partial charge in [-0.3, -0.25) is 9.69 Å². The molecule has 0 bridgehead atoms. The van der Waals surface area contributed by atoms with Crippen LogP contribution in [0.3, 0.4) is 0 Å². The number of hydrogen-bond acceptors (Lipinski definition) is 3. The third kappa shape index (κ3) is 3.92. The van der Waals surface area contributed by atoms with E-state index in [0.717, 1.165) is 31.6 Å². The number of carbonyl (C=O) groups is 2. The van der Waals surface area contributed by atoms with E-state index in [1.807, 2.05) is 19.0 Å². The van der Waals surface area contributed by atoms with Crippen LogP contribution in [-0.2, 0) is 4.79 Å². The van der Waals surface area contributed by atoms with Crippen LogP contribution in [0, 0.1) is 5.41 Å². The highest BCUT2D eigenvalue weighted by Gasteiger charge is 2.53. The quantitative estimate of drug-likeness (QED) is 0.859. The Morgan fingerprint density at radius 2 is 1.85 bits per heavy atom. The van der Waals surface area contributed by atoms with Crippen LogP contribution in [0.1, 0.15) is 26.2 Å². The van der Waals surface area contributed by atoms with E-state index in [9.17, 15) is 9.59 Å². The van der Waals surface area contributed by atoms with Gasteiger partial charge in [0.2, 0.25) is 5.91 Å². The predicted octanol–water partition coefficient (Wildman–Crippen LogP) is 3.14. The maximum absolute atomic E-state index is 13.1. The molecule has 2 saturated heterocycles. The van der Waals surface area contributed by atoms with Gasteiger partial charge in [-0.15, -0.1) is 0 Å². The lowest BCUT2D eigenvalue weighted by Crippen LogP contribution is -2.49. The Morgan fingerprint density at radius 3 is 2.48 bits per heavy atom. The minimum absolute atomic E-state index is 0.118. The van der Waals surface area contributed by atoms with Crippen LogP contribution in [0.15, 0.2) is 24.3 Å². The number of likely N-dealkylation sites (tertiary alicyclic amines) is 2. The van der Waals surface area contributed by atoms with Crippen molar-refractivity contribution in [2.75, 3.05) is 45.6 Å². The van der Waals surface area contributed by atoms with E-state index in [-0.39, 0.29) is 23.4 Å². The number of carbonyl (C=O) groups excluding carboxylic acids is 2. The molecular weight excluding hydrogens is 364 g/mol. The number of nitrogens with one attached hydrogen (secondary N) is 1. The smallest absolute Gasteiger partial charge is 0.321 e. The molecule has 0 radical (unpaired) electrons. The largest absolute Gasteiger partial charge is 0.348 e. The molecule has 3 rings (SSSR count). The van der Waals surface area contributed by atoms with Crippen molar-refractivity contribution in [3.8, 4) is 0 Å². The molecule has 0 aliphatic carbocycles. The van der Waals surface area contributed by atoms with E-state index in [1.165, 1.54) is 0 Å². The maximum atomic E-state index is 13.1. The zero-order chi connectivity index (χ0) is 19.6. The van der Waals surface area contributed by atoms with Gasteiger partial charge in [-0.1, -0.05) is 18.5 Å². The van der Waals surface area contributed by atoms with Crippen LogP contribution in [0.5, 0.6) is 0 Å². The number of rotatable bonds is 3. The van der Waals surface area contributed by atoms with Gasteiger partial charge in [-0.05, 0) is 56.6 Å². The number of hydrogen-bond donors (Lipinski definition) is 1. The Kier molecular flexibility index (Phi) is 5.96. The second-order valence-electron chi connectivity index (χ2n) is 7.71. The van der Waals surface area contributed by atoms with Gasteiger partial charge in [0.15, 0.2) is 0 Å². The fourth-order valence-corrected chi connectivity index (χ4v) is 4.73. The molecule has 27 heavy (non-hydrogen) atoms. The minimum Gasteiger partial charge on any atom is -0.348 e. The molecule has 3 amide bonds. The molecule has 7 heteroatoms. The highest BCUT2D eigenvalue weighted by molar-refractivity contribution is 6.30. The Bertz CT molecular complexity index is 694. The van der Waals surface area contributed by atoms with Gasteiger partial charge in [-0.2, -0.15) is 0 Å². The summed E-state index contributed by atoms with van der Waals surface area (Å²) < 4.78 is 0. The van der Waals surface area contributed by atoms with Gasteiger partial charge < -0.3 is 15.1 Å². The monoisotopic (exact) mass is 392 g/mol. The average molecular weight is 393 g/mol. The van der Waals surface area contributed by atoms with Gasteiger partial charge in [0.1, 0.15) is 0 Å². The Labute approximate surface area is 166 Å². The Morgan fingerprint density at radius 1 is 1.19 bits per heavy atom. The predicted molar refractivity (Wildman–Crippen MR) is 108 cm³/mol. The summed E-state index contributed by atoms with van der Waals surface area (Å²) in [7, 11) is 3.66. The number of urea groups is 1. The average Bonchev–Trinajstić information content (AvgIpc) is 2.90. The standard InChI is InChI=1S/C20H29ClN4O2/c1-4-24-13-10-20(18(26)23(2)3)11-14-25(12-9-17(20)24)19(27)22-16-7-5-15(21)6-8-16/h5-8,17H,4,9-14H2,1-3H3,(H,22,27)/t17-,20-/m0/s1. The molecule has 2 fully saturated rings. The lowest BCUT2D eigenvalue weighted by molar-refractivity contribution is -0.141. The van der Waals surface area contributed by atoms with E-state index in [2.05, 4.69) is 17.1 Å². The fraction of sp³-hybridized carbons (Fsp3) is 0.600. The molecule has 6 nitrogen and oxygen atoms in total. The van der Waals surface area contributed by atoms with Crippen molar-refractivity contribution in [2.45, 2.75) is 32.2 Å². The fourth-order valence-electron chi connectivity index (χ4n) is 4.61. The summed E-state index contributed by atoms with van der Waals surface area (Å²) >= 11 is 5.91. The summed E-state index contributed by atoms with van der Waals surface area (Å²) in [4.78, 5) is 31.8. The van der Waals surface area contributed by atoms with E-state index in [4.69, 9.17) is 11.6 Å². The molecule has 2 heterocycles. The molecule has 2 aliphatic heterocycles. The summed E-state index contributed by atoms with van der Waals surface area (Å²) in [5, 5.41) is 3.58. The first-order valence-corrected chi connectivity index (χ1v) is 10.0. The highest BCUT2D eigenvalue weighted by Crippen LogP contribution is 2.44. The molecule has 0 aromatic heterocycles. The summed E-state index contributed by atoms with van der Waals surface area (Å²) in [6.07, 6.45) is 2.40. The van der Waals surface area contributed by atoms with E-state index in [0.29, 0.717) is 24.5 Å². The van der Waals surface area contributed by atoms with Crippen molar-refractivity contribution < 1.29 is 9.59 Å². The van der Waals surface area contributed by atoms with Crippen molar-refractivity contribution in [1.29, 1.82) is 0 Å². The molecule has 1 aromatic carbocycles. The number of amides is 3. The van der Waals surface area contributed by atoms with Gasteiger partial charge in [-0.25, -0.2) is 4.79 Å². The second-order valence-corrected chi connectivity index (χ2v) is 8.15. The lowest BCUT2D eigenvalue weighted by atomic mass is 9.75. The van der Waals surface area contributed by atoms with E-state index < -0.39 is 0 Å². The molecule has 2 atom stereocenters. The minimum atomic E-state index is -0.380. The SMILES string of the molecule is CCN1CC[C@]2(C(=O)N(C)C)CCN(C(=O)Nc3ccc(Cl)cc3)CC[C@H]12. The zero-order valence-electron chi connectivity index (χ0n) is 16.4. The number of nitrogens with zero attached hydrogens (tertiary/aromatic N) is 3. The molecule has 148 valence electrons. The van der Waals surface area contributed by atoms with Gasteiger partial charge in [0.25, 0.3) is 0 Å². The first-order chi connectivity index (χ1) is 12.9. The zero-order valence-corrected chi connectivity index (χ0v) is 17.1. The maximum Gasteiger partial charge on any atom is 0.321 e.